The number of amides is 1. The molecule has 3 aromatic rings. The van der Waals surface area contributed by atoms with Gasteiger partial charge in [0.2, 0.25) is 5.43 Å². The summed E-state index contributed by atoms with van der Waals surface area (Å²) >= 11 is 6.79. The average Bonchev–Trinajstić information content (AvgIpc) is 3.28. The number of pyridine rings is 1. The number of rotatable bonds is 4. The summed E-state index contributed by atoms with van der Waals surface area (Å²) in [7, 11) is 0. The molecule has 1 atom stereocenters. The number of carbonyl (C=O) groups excluding carboxylic acids is 2. The average molecular weight is 516 g/mol. The third-order valence-corrected chi connectivity index (χ3v) is 6.68. The lowest BCUT2D eigenvalue weighted by atomic mass is 10.1. The number of carbonyl (C=O) groups is 2. The summed E-state index contributed by atoms with van der Waals surface area (Å²) < 4.78 is 23.9. The number of aromatic nitrogens is 3. The van der Waals surface area contributed by atoms with E-state index in [-0.39, 0.29) is 33.7 Å². The van der Waals surface area contributed by atoms with Gasteiger partial charge in [-0.05, 0) is 46.1 Å². The highest BCUT2D eigenvalue weighted by atomic mass is 35.5. The summed E-state index contributed by atoms with van der Waals surface area (Å²) in [6.07, 6.45) is 7.53. The number of alkyl carbamates (subject to hydrolysis) is 1. The van der Waals surface area contributed by atoms with Crippen LogP contribution < -0.4 is 15.6 Å². The SMILES string of the molecule is CC(C)(C)OC(=O)NC1CCN(c2c(F)cc3c(=O)c(C(=O)n4ccnc4)cn(C4CC4)c3c2Cl)C1. The van der Waals surface area contributed by atoms with E-state index in [4.69, 9.17) is 16.3 Å². The third kappa shape index (κ3) is 4.57. The fourth-order valence-corrected chi connectivity index (χ4v) is 5.00. The van der Waals surface area contributed by atoms with Crippen molar-refractivity contribution in [3.63, 3.8) is 0 Å². The second-order valence-electron chi connectivity index (χ2n) is 10.3. The van der Waals surface area contributed by atoms with Crippen molar-refractivity contribution in [2.45, 2.75) is 57.7 Å². The number of hydrogen-bond acceptors (Lipinski definition) is 6. The minimum atomic E-state index is -0.655. The van der Waals surface area contributed by atoms with Crippen molar-refractivity contribution >= 4 is 40.2 Å². The van der Waals surface area contributed by atoms with Crippen LogP contribution >= 0.6 is 11.6 Å². The Balaban J connectivity index is 1.51. The van der Waals surface area contributed by atoms with E-state index in [0.29, 0.717) is 25.0 Å². The molecular weight excluding hydrogens is 489 g/mol. The van der Waals surface area contributed by atoms with Crippen LogP contribution in [0.4, 0.5) is 14.9 Å². The van der Waals surface area contributed by atoms with Crippen molar-refractivity contribution in [2.24, 2.45) is 0 Å². The van der Waals surface area contributed by atoms with Crippen molar-refractivity contribution < 1.29 is 18.7 Å². The first kappa shape index (κ1) is 24.3. The van der Waals surface area contributed by atoms with E-state index in [0.717, 1.165) is 18.9 Å². The summed E-state index contributed by atoms with van der Waals surface area (Å²) in [5.41, 5.74) is -0.690. The van der Waals surface area contributed by atoms with Gasteiger partial charge in [0.15, 0.2) is 0 Å². The summed E-state index contributed by atoms with van der Waals surface area (Å²) in [5, 5.41) is 3.00. The number of halogens is 2. The van der Waals surface area contributed by atoms with Gasteiger partial charge in [-0.2, -0.15) is 0 Å². The standard InChI is InChI=1S/C25H27ClFN5O4/c1-25(2,3)36-24(35)29-14-6-8-30(11-14)21-18(27)10-16-20(19(21)26)32(15-4-5-15)12-17(22(16)33)23(34)31-9-7-28-13-31/h7,9-10,12-15H,4-6,8,11H2,1-3H3,(H,29,35). The fourth-order valence-electron chi connectivity index (χ4n) is 4.59. The number of ether oxygens (including phenoxy) is 1. The molecule has 1 amide bonds. The van der Waals surface area contributed by atoms with Crippen molar-refractivity contribution in [3.05, 3.63) is 57.6 Å². The number of hydrogen-bond donors (Lipinski definition) is 1. The van der Waals surface area contributed by atoms with Gasteiger partial charge >= 0.3 is 6.09 Å². The van der Waals surface area contributed by atoms with Crippen molar-refractivity contribution in [1.29, 1.82) is 0 Å². The second-order valence-corrected chi connectivity index (χ2v) is 10.7. The van der Waals surface area contributed by atoms with Gasteiger partial charge in [0.05, 0.1) is 27.7 Å². The number of fused-ring (bicyclic) bond motifs is 1. The van der Waals surface area contributed by atoms with Gasteiger partial charge in [-0.3, -0.25) is 14.2 Å². The molecule has 5 rings (SSSR count). The first-order chi connectivity index (χ1) is 17.0. The van der Waals surface area contributed by atoms with Gasteiger partial charge in [0, 0.05) is 37.7 Å². The molecule has 1 saturated heterocycles. The maximum atomic E-state index is 15.5. The predicted octanol–water partition coefficient (Wildman–Crippen LogP) is 4.12. The Morgan fingerprint density at radius 3 is 2.64 bits per heavy atom. The van der Waals surface area contributed by atoms with Crippen molar-refractivity contribution in [3.8, 4) is 0 Å². The zero-order chi connectivity index (χ0) is 25.8. The molecule has 3 heterocycles. The Bertz CT molecular complexity index is 1410. The Hall–Kier alpha value is -3.40. The van der Waals surface area contributed by atoms with Crippen molar-refractivity contribution in [1.82, 2.24) is 19.4 Å². The van der Waals surface area contributed by atoms with E-state index in [1.807, 2.05) is 4.57 Å². The molecule has 1 aliphatic carbocycles. The predicted molar refractivity (Wildman–Crippen MR) is 133 cm³/mol. The highest BCUT2D eigenvalue weighted by Crippen LogP contribution is 2.42. The van der Waals surface area contributed by atoms with E-state index in [1.165, 1.54) is 29.5 Å². The molecule has 0 radical (unpaired) electrons. The van der Waals surface area contributed by atoms with E-state index in [1.54, 1.807) is 25.7 Å². The first-order valence-electron chi connectivity index (χ1n) is 11.9. The zero-order valence-corrected chi connectivity index (χ0v) is 21.0. The van der Waals surface area contributed by atoms with E-state index in [9.17, 15) is 14.4 Å². The third-order valence-electron chi connectivity index (χ3n) is 6.32. The van der Waals surface area contributed by atoms with Crippen LogP contribution in [0.1, 0.15) is 56.4 Å². The number of imidazole rings is 1. The smallest absolute Gasteiger partial charge is 0.407 e. The van der Waals surface area contributed by atoms with Gasteiger partial charge < -0.3 is 19.5 Å². The second kappa shape index (κ2) is 8.92. The Morgan fingerprint density at radius 2 is 2.00 bits per heavy atom. The Kier molecular flexibility index (Phi) is 6.02. The topological polar surface area (TPSA) is 98.5 Å². The molecule has 36 heavy (non-hydrogen) atoms. The van der Waals surface area contributed by atoms with Gasteiger partial charge in [-0.25, -0.2) is 14.2 Å². The van der Waals surface area contributed by atoms with Crippen LogP contribution in [0.2, 0.25) is 5.02 Å². The van der Waals surface area contributed by atoms with E-state index >= 15 is 4.39 Å². The highest BCUT2D eigenvalue weighted by Gasteiger charge is 2.33. The van der Waals surface area contributed by atoms with Crippen LogP contribution in [-0.2, 0) is 4.74 Å². The summed E-state index contributed by atoms with van der Waals surface area (Å²) in [6, 6.07) is 0.988. The van der Waals surface area contributed by atoms with Crippen LogP contribution in [0.3, 0.4) is 0 Å². The summed E-state index contributed by atoms with van der Waals surface area (Å²) in [4.78, 5) is 44.1. The monoisotopic (exact) mass is 515 g/mol. The van der Waals surface area contributed by atoms with Crippen LogP contribution in [0.25, 0.3) is 10.9 Å². The molecule has 2 aromatic heterocycles. The maximum Gasteiger partial charge on any atom is 0.407 e. The number of nitrogens with one attached hydrogen (secondary N) is 1. The lowest BCUT2D eigenvalue weighted by molar-refractivity contribution is 0.0509. The number of nitrogens with zero attached hydrogens (tertiary/aromatic N) is 4. The molecular formula is C25H27ClFN5O4. The van der Waals surface area contributed by atoms with Crippen LogP contribution in [-0.4, -0.2) is 50.9 Å². The summed E-state index contributed by atoms with van der Waals surface area (Å²) in [5.74, 6) is -1.19. The van der Waals surface area contributed by atoms with Crippen LogP contribution in [0, 0.1) is 5.82 Å². The highest BCUT2D eigenvalue weighted by molar-refractivity contribution is 6.38. The van der Waals surface area contributed by atoms with Crippen LogP contribution in [0.5, 0.6) is 0 Å². The molecule has 1 unspecified atom stereocenters. The molecule has 1 aliphatic heterocycles. The zero-order valence-electron chi connectivity index (χ0n) is 20.3. The minimum Gasteiger partial charge on any atom is -0.444 e. The van der Waals surface area contributed by atoms with Gasteiger partial charge in [-0.1, -0.05) is 11.6 Å². The molecule has 2 aliphatic rings. The van der Waals surface area contributed by atoms with Gasteiger partial charge in [0.25, 0.3) is 5.91 Å². The van der Waals surface area contributed by atoms with Gasteiger partial charge in [-0.15, -0.1) is 0 Å². The quantitative estimate of drug-likeness (QED) is 0.561. The van der Waals surface area contributed by atoms with E-state index < -0.39 is 28.8 Å². The van der Waals surface area contributed by atoms with Crippen molar-refractivity contribution in [2.75, 3.05) is 18.0 Å². The molecule has 190 valence electrons. The van der Waals surface area contributed by atoms with Gasteiger partial charge in [0.1, 0.15) is 23.3 Å². The lowest BCUT2D eigenvalue weighted by Crippen LogP contribution is -2.40. The maximum absolute atomic E-state index is 15.5. The summed E-state index contributed by atoms with van der Waals surface area (Å²) in [6.45, 7) is 6.16. The molecule has 2 fully saturated rings. The molecule has 1 N–H and O–H groups in total. The molecule has 1 saturated carbocycles. The largest absolute Gasteiger partial charge is 0.444 e. The first-order valence-corrected chi connectivity index (χ1v) is 12.3. The number of benzene rings is 1. The lowest BCUT2D eigenvalue weighted by Gasteiger charge is -2.24. The normalized spacial score (nSPS) is 18.0. The molecule has 11 heteroatoms. The molecule has 0 spiro atoms. The fraction of sp³-hybridized carbons (Fsp3) is 0.440. The Morgan fingerprint density at radius 1 is 1.25 bits per heavy atom. The van der Waals surface area contributed by atoms with E-state index in [2.05, 4.69) is 10.3 Å². The molecule has 0 bridgehead atoms. The molecule has 9 nitrogen and oxygen atoms in total. The van der Waals surface area contributed by atoms with Crippen LogP contribution in [0.15, 0.2) is 35.8 Å². The minimum absolute atomic E-state index is 0.0572. The molecule has 1 aromatic carbocycles. The number of anilines is 1. The Labute approximate surface area is 211 Å².